The molecule has 1 saturated heterocycles. The number of fused-ring (bicyclic) bond motifs is 1. The normalized spacial score (nSPS) is 18.5. The average Bonchev–Trinajstić information content (AvgIpc) is 3.60. The van der Waals surface area contributed by atoms with E-state index < -0.39 is 16.8 Å². The molecule has 1 unspecified atom stereocenters. The number of aliphatic hydroxyl groups is 1. The van der Waals surface area contributed by atoms with E-state index in [1.165, 1.54) is 28.8 Å². The number of carbonyl (C=O) groups excluding carboxylic acids is 2. The van der Waals surface area contributed by atoms with Crippen molar-refractivity contribution in [3.63, 3.8) is 0 Å². The fraction of sp³-hybridized carbons (Fsp3) is 0.320. The number of hydrogen-bond acceptors (Lipinski definition) is 6. The molecule has 1 aromatic heterocycles. The number of rotatable bonds is 9. The summed E-state index contributed by atoms with van der Waals surface area (Å²) in [4.78, 5) is 30.4. The molecule has 190 valence electrons. The number of nitrogens with one attached hydrogen (secondary N) is 2. The maximum absolute atomic E-state index is 13.7. The Morgan fingerprint density at radius 3 is 2.81 bits per heavy atom. The molecule has 3 N–H and O–H groups in total. The fourth-order valence-corrected chi connectivity index (χ4v) is 5.58. The summed E-state index contributed by atoms with van der Waals surface area (Å²) in [5, 5.41) is 16.4. The fourth-order valence-electron chi connectivity index (χ4n) is 3.98. The number of thioether (sulfide) groups is 1. The van der Waals surface area contributed by atoms with E-state index in [0.717, 1.165) is 10.8 Å². The lowest BCUT2D eigenvalue weighted by molar-refractivity contribution is 0.144. The molecule has 4 rings (SSSR count). The average molecular weight is 533 g/mol. The predicted molar refractivity (Wildman–Crippen MR) is 139 cm³/mol. The summed E-state index contributed by atoms with van der Waals surface area (Å²) in [5.74, 6) is -0.176. The molecule has 2 atom stereocenters. The van der Waals surface area contributed by atoms with Gasteiger partial charge in [-0.15, -0.1) is 11.8 Å². The number of nitrogens with zero attached hydrogens (tertiary/aromatic N) is 2. The molecule has 0 saturated carbocycles. The number of urea groups is 1. The van der Waals surface area contributed by atoms with E-state index in [-0.39, 0.29) is 36.1 Å². The third-order valence-electron chi connectivity index (χ3n) is 6.05. The highest BCUT2D eigenvalue weighted by Gasteiger charge is 2.60. The second-order valence-corrected chi connectivity index (χ2v) is 10.2. The summed E-state index contributed by atoms with van der Waals surface area (Å²) in [5.41, 5.74) is 0.463. The highest BCUT2D eigenvalue weighted by atomic mass is 35.5. The Balaban J connectivity index is 1.33. The van der Waals surface area contributed by atoms with Gasteiger partial charge in [0, 0.05) is 31.8 Å². The Bertz CT molecular complexity index is 1270. The highest BCUT2D eigenvalue weighted by molar-refractivity contribution is 8.08. The number of hydrogen-bond donors (Lipinski definition) is 3. The molecule has 3 aromatic rings. The van der Waals surface area contributed by atoms with Gasteiger partial charge >= 0.3 is 12.1 Å². The van der Waals surface area contributed by atoms with Gasteiger partial charge in [-0.1, -0.05) is 48.0 Å². The largest absolute Gasteiger partial charge is 0.448 e. The molecule has 2 aromatic carbocycles. The third-order valence-corrected chi connectivity index (χ3v) is 8.20. The first-order valence-corrected chi connectivity index (χ1v) is 12.6. The smallest absolute Gasteiger partial charge is 0.412 e. The van der Waals surface area contributed by atoms with Crippen LogP contribution in [0.4, 0.5) is 19.8 Å². The summed E-state index contributed by atoms with van der Waals surface area (Å²) in [6, 6.07) is 13.5. The zero-order valence-electron chi connectivity index (χ0n) is 19.5. The van der Waals surface area contributed by atoms with E-state index in [0.29, 0.717) is 24.2 Å². The van der Waals surface area contributed by atoms with Crippen molar-refractivity contribution >= 4 is 52.1 Å². The van der Waals surface area contributed by atoms with Gasteiger partial charge in [-0.2, -0.15) is 0 Å². The maximum Gasteiger partial charge on any atom is 0.412 e. The van der Waals surface area contributed by atoms with Crippen LogP contribution in [0.5, 0.6) is 0 Å². The van der Waals surface area contributed by atoms with Gasteiger partial charge in [-0.25, -0.2) is 19.0 Å². The first kappa shape index (κ1) is 26.0. The lowest BCUT2D eigenvalue weighted by Crippen LogP contribution is -2.47. The minimum Gasteiger partial charge on any atom is -0.448 e. The van der Waals surface area contributed by atoms with E-state index in [4.69, 9.17) is 16.3 Å². The van der Waals surface area contributed by atoms with Gasteiger partial charge in [0.1, 0.15) is 23.1 Å². The second-order valence-electron chi connectivity index (χ2n) is 8.35. The summed E-state index contributed by atoms with van der Waals surface area (Å²) in [6.45, 7) is 0.101. The quantitative estimate of drug-likeness (QED) is 0.335. The highest BCUT2D eigenvalue weighted by Crippen LogP contribution is 2.58. The van der Waals surface area contributed by atoms with E-state index in [1.54, 1.807) is 25.4 Å². The second kappa shape index (κ2) is 11.3. The molecule has 3 amide bonds. The maximum atomic E-state index is 13.7. The van der Waals surface area contributed by atoms with Crippen LogP contribution in [-0.2, 0) is 11.3 Å². The van der Waals surface area contributed by atoms with E-state index >= 15 is 0 Å². The van der Waals surface area contributed by atoms with Crippen LogP contribution in [0.25, 0.3) is 10.8 Å². The molecule has 36 heavy (non-hydrogen) atoms. The Morgan fingerprint density at radius 2 is 2.03 bits per heavy atom. The van der Waals surface area contributed by atoms with Crippen molar-refractivity contribution in [3.05, 3.63) is 71.1 Å². The van der Waals surface area contributed by atoms with Gasteiger partial charge in [-0.05, 0) is 35.9 Å². The lowest BCUT2D eigenvalue weighted by Gasteiger charge is -2.28. The molecule has 8 nitrogen and oxygen atoms in total. The van der Waals surface area contributed by atoms with Gasteiger partial charge in [0.25, 0.3) is 0 Å². The first-order chi connectivity index (χ1) is 17.3. The van der Waals surface area contributed by atoms with Gasteiger partial charge in [0.2, 0.25) is 0 Å². The Morgan fingerprint density at radius 1 is 1.25 bits per heavy atom. The molecule has 1 aliphatic rings. The van der Waals surface area contributed by atoms with E-state index in [1.807, 2.05) is 24.3 Å². The van der Waals surface area contributed by atoms with Crippen molar-refractivity contribution in [2.45, 2.75) is 29.5 Å². The van der Waals surface area contributed by atoms with Crippen molar-refractivity contribution in [2.75, 3.05) is 25.6 Å². The number of halogens is 2. The lowest BCUT2D eigenvalue weighted by atomic mass is 10.1. The van der Waals surface area contributed by atoms with Gasteiger partial charge in [-0.3, -0.25) is 5.32 Å². The van der Waals surface area contributed by atoms with Crippen LogP contribution in [0.2, 0.25) is 5.02 Å². The summed E-state index contributed by atoms with van der Waals surface area (Å²) < 4.78 is 19.1. The molecule has 1 fully saturated rings. The van der Waals surface area contributed by atoms with Crippen molar-refractivity contribution in [3.8, 4) is 0 Å². The van der Waals surface area contributed by atoms with Gasteiger partial charge in [0.05, 0.1) is 10.3 Å². The molecule has 0 radical (unpaired) electrons. The summed E-state index contributed by atoms with van der Waals surface area (Å²) >= 11 is 7.46. The molecule has 1 aliphatic heterocycles. The zero-order chi connectivity index (χ0) is 25.7. The Hall–Kier alpha value is -3.08. The van der Waals surface area contributed by atoms with E-state index in [2.05, 4.69) is 15.6 Å². The standard InChI is InChI=1S/C25H26ClFN4O4S/c1-31(23(33)29-14-18-8-4-9-19(27)22(18)26)25(10-5-11-32)20(36-25)15-35-24(34)30-21-12-16-6-2-3-7-17(16)13-28-21/h2-4,6-9,12-13,20,32H,5,10-11,14-15H2,1H3,(H,29,33)(H,28,30,34)/t20?,25-/m0/s1. The summed E-state index contributed by atoms with van der Waals surface area (Å²) in [7, 11) is 1.64. The van der Waals surface area contributed by atoms with Crippen LogP contribution in [0.15, 0.2) is 54.7 Å². The van der Waals surface area contributed by atoms with Gasteiger partial charge in [0.15, 0.2) is 0 Å². The molecule has 0 spiro atoms. The molecule has 2 heterocycles. The molecule has 0 bridgehead atoms. The Kier molecular flexibility index (Phi) is 8.17. The van der Waals surface area contributed by atoms with Crippen molar-refractivity contribution in [1.82, 2.24) is 15.2 Å². The van der Waals surface area contributed by atoms with E-state index in [9.17, 15) is 19.1 Å². The number of aliphatic hydroxyl groups excluding tert-OH is 1. The molecule has 0 aliphatic carbocycles. The van der Waals surface area contributed by atoms with Crippen LogP contribution in [0.3, 0.4) is 0 Å². The first-order valence-electron chi connectivity index (χ1n) is 11.4. The van der Waals surface area contributed by atoms with Crippen LogP contribution in [0, 0.1) is 5.82 Å². The minimum atomic E-state index is -0.644. The number of ether oxygens (including phenoxy) is 1. The third kappa shape index (κ3) is 5.83. The van der Waals surface area contributed by atoms with Crippen LogP contribution in [0.1, 0.15) is 18.4 Å². The van der Waals surface area contributed by atoms with Crippen LogP contribution in [-0.4, -0.2) is 57.5 Å². The number of carbonyl (C=O) groups is 2. The summed E-state index contributed by atoms with van der Waals surface area (Å²) in [6.07, 6.45) is 2.02. The number of pyridine rings is 1. The number of amides is 3. The predicted octanol–water partition coefficient (Wildman–Crippen LogP) is 5.00. The van der Waals surface area contributed by atoms with Crippen molar-refractivity contribution in [2.24, 2.45) is 0 Å². The van der Waals surface area contributed by atoms with Crippen molar-refractivity contribution in [1.29, 1.82) is 0 Å². The molecule has 11 heteroatoms. The monoisotopic (exact) mass is 532 g/mol. The van der Waals surface area contributed by atoms with Gasteiger partial charge < -0.3 is 20.1 Å². The zero-order valence-corrected chi connectivity index (χ0v) is 21.1. The molecular weight excluding hydrogens is 507 g/mol. The Labute approximate surface area is 217 Å². The molecular formula is C25H26ClFN4O4S. The van der Waals surface area contributed by atoms with Crippen LogP contribution >= 0.6 is 23.4 Å². The SMILES string of the molecule is CN(C(=O)NCc1cccc(F)c1Cl)[C@@]1(CCCO)SC1COC(=O)Nc1cc2ccccc2cn1. The van der Waals surface area contributed by atoms with Crippen LogP contribution < -0.4 is 10.6 Å². The minimum absolute atomic E-state index is 0.0294. The number of aromatic nitrogens is 1. The topological polar surface area (TPSA) is 104 Å². The van der Waals surface area contributed by atoms with Crippen molar-refractivity contribution < 1.29 is 23.8 Å². The number of benzene rings is 2. The number of anilines is 1.